The van der Waals surface area contributed by atoms with Gasteiger partial charge in [0.15, 0.2) is 11.2 Å². The van der Waals surface area contributed by atoms with E-state index in [-0.39, 0.29) is 0 Å². The standard InChI is InChI=1S/C38H19N3OS/c39-20-22-12-15-27-26-6-1-3-9-31(26)41(33(27)18-22)32-10-5-8-29-36-25(16-13-24(21-40)37(36)42-38(29)32)23-14-17-35-30(19-23)28-7-2-4-11-34(28)43-35/h1-19H. The highest BCUT2D eigenvalue weighted by atomic mass is 32.1. The molecule has 0 unspecified atom stereocenters. The Balaban J connectivity index is 1.38. The van der Waals surface area contributed by atoms with Crippen molar-refractivity contribution in [1.29, 1.82) is 10.5 Å². The summed E-state index contributed by atoms with van der Waals surface area (Å²) in [6.45, 7) is 0. The Morgan fingerprint density at radius 3 is 2.26 bits per heavy atom. The molecule has 0 saturated carbocycles. The number of fused-ring (bicyclic) bond motifs is 9. The third-order valence-electron chi connectivity index (χ3n) is 8.48. The molecule has 0 amide bonds. The van der Waals surface area contributed by atoms with Crippen molar-refractivity contribution in [3.05, 3.63) is 126 Å². The first kappa shape index (κ1) is 23.8. The molecule has 0 bridgehead atoms. The van der Waals surface area contributed by atoms with Gasteiger partial charge < -0.3 is 8.98 Å². The number of para-hydroxylation sites is 2. The van der Waals surface area contributed by atoms with Crippen molar-refractivity contribution in [3.63, 3.8) is 0 Å². The lowest BCUT2D eigenvalue weighted by Crippen LogP contribution is -1.94. The van der Waals surface area contributed by atoms with Crippen molar-refractivity contribution < 1.29 is 4.42 Å². The van der Waals surface area contributed by atoms with E-state index < -0.39 is 0 Å². The van der Waals surface area contributed by atoms with Crippen LogP contribution in [0.25, 0.3) is 80.7 Å². The minimum Gasteiger partial charge on any atom is -0.452 e. The molecule has 0 aliphatic carbocycles. The second-order valence-electron chi connectivity index (χ2n) is 10.7. The molecule has 198 valence electrons. The molecule has 0 N–H and O–H groups in total. The lowest BCUT2D eigenvalue weighted by atomic mass is 9.96. The fraction of sp³-hybridized carbons (Fsp3) is 0. The summed E-state index contributed by atoms with van der Waals surface area (Å²) in [5.74, 6) is 0. The van der Waals surface area contributed by atoms with Crippen molar-refractivity contribution in [1.82, 2.24) is 4.57 Å². The first-order valence-electron chi connectivity index (χ1n) is 14.0. The Morgan fingerprint density at radius 2 is 1.37 bits per heavy atom. The molecule has 43 heavy (non-hydrogen) atoms. The highest BCUT2D eigenvalue weighted by molar-refractivity contribution is 7.25. The van der Waals surface area contributed by atoms with Crippen molar-refractivity contribution in [3.8, 4) is 29.0 Å². The van der Waals surface area contributed by atoms with Gasteiger partial charge in [-0.25, -0.2) is 0 Å². The van der Waals surface area contributed by atoms with E-state index in [9.17, 15) is 10.5 Å². The van der Waals surface area contributed by atoms with Gasteiger partial charge in [0.25, 0.3) is 0 Å². The minimum absolute atomic E-state index is 0.497. The third-order valence-corrected chi connectivity index (χ3v) is 9.63. The predicted octanol–water partition coefficient (Wildman–Crippen LogP) is 10.5. The number of benzene rings is 6. The smallest absolute Gasteiger partial charge is 0.159 e. The maximum absolute atomic E-state index is 10.1. The molecule has 0 atom stereocenters. The normalized spacial score (nSPS) is 11.7. The largest absolute Gasteiger partial charge is 0.452 e. The van der Waals surface area contributed by atoms with Crippen LogP contribution < -0.4 is 0 Å². The highest BCUT2D eigenvalue weighted by Gasteiger charge is 2.21. The van der Waals surface area contributed by atoms with E-state index in [4.69, 9.17) is 4.42 Å². The van der Waals surface area contributed by atoms with Gasteiger partial charge in [-0.05, 0) is 59.7 Å². The van der Waals surface area contributed by atoms with Gasteiger partial charge in [0.2, 0.25) is 0 Å². The van der Waals surface area contributed by atoms with Crippen molar-refractivity contribution in [2.24, 2.45) is 0 Å². The Bertz CT molecular complexity index is 2710. The van der Waals surface area contributed by atoms with Gasteiger partial charge in [-0.2, -0.15) is 10.5 Å². The second-order valence-corrected chi connectivity index (χ2v) is 11.8. The Kier molecular flexibility index (Phi) is 4.87. The zero-order chi connectivity index (χ0) is 28.7. The number of aromatic nitrogens is 1. The molecule has 5 heteroatoms. The van der Waals surface area contributed by atoms with E-state index >= 15 is 0 Å². The van der Waals surface area contributed by atoms with Crippen LogP contribution in [0.15, 0.2) is 120 Å². The van der Waals surface area contributed by atoms with Gasteiger partial charge in [-0.15, -0.1) is 11.3 Å². The monoisotopic (exact) mass is 565 g/mol. The maximum Gasteiger partial charge on any atom is 0.159 e. The SMILES string of the molecule is N#Cc1ccc2c3ccccc3n(-c3cccc4c3oc3c(C#N)ccc(-c5ccc6sc7ccccc7c6c5)c34)c2c1. The lowest BCUT2D eigenvalue weighted by Gasteiger charge is -2.09. The summed E-state index contributed by atoms with van der Waals surface area (Å²) in [6.07, 6.45) is 0. The van der Waals surface area contributed by atoms with E-state index in [1.54, 1.807) is 11.3 Å². The van der Waals surface area contributed by atoms with Gasteiger partial charge in [0.05, 0.1) is 33.9 Å². The molecule has 9 rings (SSSR count). The molecule has 9 aromatic rings. The first-order chi connectivity index (χ1) is 21.2. The average molecular weight is 566 g/mol. The summed E-state index contributed by atoms with van der Waals surface area (Å²) in [5.41, 5.74) is 7.30. The molecule has 6 aromatic carbocycles. The Morgan fingerprint density at radius 1 is 0.581 bits per heavy atom. The zero-order valence-corrected chi connectivity index (χ0v) is 23.4. The fourth-order valence-corrected chi connectivity index (χ4v) is 7.67. The van der Waals surface area contributed by atoms with Crippen molar-refractivity contribution in [2.45, 2.75) is 0 Å². The number of nitrogens with zero attached hydrogens (tertiary/aromatic N) is 3. The van der Waals surface area contributed by atoms with Crippen LogP contribution in [-0.2, 0) is 0 Å². The van der Waals surface area contributed by atoms with E-state index in [0.29, 0.717) is 22.3 Å². The fourth-order valence-electron chi connectivity index (χ4n) is 6.59. The molecule has 0 aliphatic heterocycles. The van der Waals surface area contributed by atoms with Crippen LogP contribution in [0.2, 0.25) is 0 Å². The summed E-state index contributed by atoms with van der Waals surface area (Å²) >= 11 is 1.80. The Hall–Kier alpha value is -5.88. The number of hydrogen-bond acceptors (Lipinski definition) is 4. The predicted molar refractivity (Wildman–Crippen MR) is 176 cm³/mol. The molecule has 0 spiro atoms. The number of rotatable bonds is 2. The topological polar surface area (TPSA) is 65.7 Å². The van der Waals surface area contributed by atoms with Crippen LogP contribution in [0.5, 0.6) is 0 Å². The van der Waals surface area contributed by atoms with E-state index in [1.807, 2.05) is 54.6 Å². The molecular weight excluding hydrogens is 547 g/mol. The van der Waals surface area contributed by atoms with Crippen LogP contribution in [0.4, 0.5) is 0 Å². The van der Waals surface area contributed by atoms with Crippen LogP contribution in [0, 0.1) is 22.7 Å². The van der Waals surface area contributed by atoms with Crippen LogP contribution >= 0.6 is 11.3 Å². The lowest BCUT2D eigenvalue weighted by molar-refractivity contribution is 0.665. The zero-order valence-electron chi connectivity index (χ0n) is 22.6. The first-order valence-corrected chi connectivity index (χ1v) is 14.8. The third kappa shape index (κ3) is 3.29. The number of thiophene rings is 1. The van der Waals surface area contributed by atoms with Crippen LogP contribution in [0.3, 0.4) is 0 Å². The molecule has 0 saturated heterocycles. The van der Waals surface area contributed by atoms with Crippen molar-refractivity contribution in [2.75, 3.05) is 0 Å². The molecule has 0 fully saturated rings. The summed E-state index contributed by atoms with van der Waals surface area (Å²) in [5, 5.41) is 26.3. The molecule has 4 nitrogen and oxygen atoms in total. The highest BCUT2D eigenvalue weighted by Crippen LogP contribution is 2.44. The molecule has 0 radical (unpaired) electrons. The summed E-state index contributed by atoms with van der Waals surface area (Å²) in [7, 11) is 0. The average Bonchev–Trinajstić information content (AvgIpc) is 3.73. The van der Waals surface area contributed by atoms with Gasteiger partial charge in [0, 0.05) is 41.7 Å². The quantitative estimate of drug-likeness (QED) is 0.209. The molecule has 3 heterocycles. The second kappa shape index (κ2) is 8.81. The van der Waals surface area contributed by atoms with Gasteiger partial charge >= 0.3 is 0 Å². The summed E-state index contributed by atoms with van der Waals surface area (Å²) in [6, 6.07) is 43.9. The minimum atomic E-state index is 0.497. The van der Waals surface area contributed by atoms with E-state index in [0.717, 1.165) is 49.4 Å². The van der Waals surface area contributed by atoms with Gasteiger partial charge in [-0.1, -0.05) is 66.7 Å². The van der Waals surface area contributed by atoms with Gasteiger partial charge in [0.1, 0.15) is 6.07 Å². The van der Waals surface area contributed by atoms with Gasteiger partial charge in [-0.3, -0.25) is 0 Å². The summed E-state index contributed by atoms with van der Waals surface area (Å²) in [4.78, 5) is 0. The Labute approximate surface area is 249 Å². The number of furan rings is 1. The maximum atomic E-state index is 10.1. The van der Waals surface area contributed by atoms with Crippen molar-refractivity contribution >= 4 is 75.3 Å². The molecule has 3 aromatic heterocycles. The van der Waals surface area contributed by atoms with E-state index in [1.165, 1.54) is 20.2 Å². The number of hydrogen-bond donors (Lipinski definition) is 0. The summed E-state index contributed by atoms with van der Waals surface area (Å²) < 4.78 is 11.4. The number of nitriles is 2. The molecular formula is C38H19N3OS. The molecule has 0 aliphatic rings. The van der Waals surface area contributed by atoms with Crippen LogP contribution in [-0.4, -0.2) is 4.57 Å². The van der Waals surface area contributed by atoms with Crippen LogP contribution in [0.1, 0.15) is 11.1 Å². The van der Waals surface area contributed by atoms with E-state index in [2.05, 4.69) is 77.4 Å².